The van der Waals surface area contributed by atoms with Crippen molar-refractivity contribution in [1.82, 2.24) is 0 Å². The zero-order valence-corrected chi connectivity index (χ0v) is 10.3. The maximum absolute atomic E-state index is 11.2. The minimum absolute atomic E-state index is 0.0215. The number of thioether (sulfide) groups is 1. The number of ether oxygens (including phenoxy) is 1. The molecule has 0 bridgehead atoms. The van der Waals surface area contributed by atoms with E-state index in [1.165, 1.54) is 25.8 Å². The summed E-state index contributed by atoms with van der Waals surface area (Å²) in [6.07, 6.45) is 0. The van der Waals surface area contributed by atoms with Crippen LogP contribution in [0.4, 0.5) is 0 Å². The Bertz CT molecular complexity index is 401. The van der Waals surface area contributed by atoms with E-state index < -0.39 is 0 Å². The Labute approximate surface area is 99.2 Å². The molecule has 0 heterocycles. The van der Waals surface area contributed by atoms with Gasteiger partial charge in [-0.2, -0.15) is 0 Å². The normalized spacial score (nSPS) is 11.9. The van der Waals surface area contributed by atoms with Crippen LogP contribution in [-0.2, 0) is 9.53 Å². The Balaban J connectivity index is 2.78. The van der Waals surface area contributed by atoms with Crippen LogP contribution < -0.4 is 0 Å². The molecule has 0 aliphatic carbocycles. The van der Waals surface area contributed by atoms with E-state index in [0.29, 0.717) is 5.56 Å². The van der Waals surface area contributed by atoms with Crippen molar-refractivity contribution >= 4 is 23.5 Å². The lowest BCUT2D eigenvalue weighted by atomic mass is 10.2. The van der Waals surface area contributed by atoms with Crippen LogP contribution in [0.1, 0.15) is 24.2 Å². The molecule has 0 aliphatic heterocycles. The third-order valence-corrected chi connectivity index (χ3v) is 3.16. The van der Waals surface area contributed by atoms with Crippen LogP contribution in [0, 0.1) is 0 Å². The second kappa shape index (κ2) is 5.70. The number of esters is 1. The van der Waals surface area contributed by atoms with Gasteiger partial charge in [0.25, 0.3) is 0 Å². The monoisotopic (exact) mass is 238 g/mol. The molecule has 0 amide bonds. The summed E-state index contributed by atoms with van der Waals surface area (Å²) in [4.78, 5) is 23.3. The fourth-order valence-electron chi connectivity index (χ4n) is 1.21. The molecule has 1 rings (SSSR count). The first-order valence-corrected chi connectivity index (χ1v) is 5.78. The summed E-state index contributed by atoms with van der Waals surface area (Å²) >= 11 is 1.38. The van der Waals surface area contributed by atoms with Gasteiger partial charge in [0.15, 0.2) is 5.78 Å². The summed E-state index contributed by atoms with van der Waals surface area (Å²) in [6.45, 7) is 3.30. The van der Waals surface area contributed by atoms with Crippen molar-refractivity contribution in [3.8, 4) is 0 Å². The zero-order chi connectivity index (χ0) is 12.1. The number of hydrogen-bond donors (Lipinski definition) is 0. The molecule has 0 aliphatic rings. The SMILES string of the molecule is COC(=O)C(C)Sc1cccc(C(C)=O)c1. The second-order valence-electron chi connectivity index (χ2n) is 3.37. The first-order chi connectivity index (χ1) is 7.54. The molecule has 0 saturated carbocycles. The van der Waals surface area contributed by atoms with Crippen molar-refractivity contribution in [3.05, 3.63) is 29.8 Å². The Morgan fingerprint density at radius 3 is 2.62 bits per heavy atom. The highest BCUT2D eigenvalue weighted by Gasteiger charge is 2.14. The highest BCUT2D eigenvalue weighted by Crippen LogP contribution is 2.24. The van der Waals surface area contributed by atoms with Gasteiger partial charge in [-0.15, -0.1) is 11.8 Å². The van der Waals surface area contributed by atoms with Gasteiger partial charge in [-0.25, -0.2) is 0 Å². The Kier molecular flexibility index (Phi) is 4.55. The van der Waals surface area contributed by atoms with Crippen LogP contribution in [0.2, 0.25) is 0 Å². The van der Waals surface area contributed by atoms with Crippen molar-refractivity contribution in [1.29, 1.82) is 0 Å². The van der Waals surface area contributed by atoms with E-state index in [4.69, 9.17) is 0 Å². The smallest absolute Gasteiger partial charge is 0.318 e. The van der Waals surface area contributed by atoms with Gasteiger partial charge < -0.3 is 4.74 Å². The lowest BCUT2D eigenvalue weighted by Crippen LogP contribution is -2.14. The Hall–Kier alpha value is -1.29. The number of carbonyl (C=O) groups is 2. The van der Waals surface area contributed by atoms with Crippen LogP contribution >= 0.6 is 11.8 Å². The lowest BCUT2D eigenvalue weighted by Gasteiger charge is -2.09. The van der Waals surface area contributed by atoms with Gasteiger partial charge in [-0.05, 0) is 26.0 Å². The second-order valence-corrected chi connectivity index (χ2v) is 4.78. The summed E-state index contributed by atoms with van der Waals surface area (Å²) in [7, 11) is 1.37. The van der Waals surface area contributed by atoms with Gasteiger partial charge in [0.1, 0.15) is 5.25 Å². The predicted octanol–water partition coefficient (Wildman–Crippen LogP) is 2.54. The van der Waals surface area contributed by atoms with Crippen LogP contribution in [0.3, 0.4) is 0 Å². The van der Waals surface area contributed by atoms with Crippen LogP contribution in [0.15, 0.2) is 29.2 Å². The summed E-state index contributed by atoms with van der Waals surface area (Å²) in [5, 5.41) is -0.271. The fourth-order valence-corrected chi connectivity index (χ4v) is 2.16. The molecule has 0 spiro atoms. The van der Waals surface area contributed by atoms with E-state index in [9.17, 15) is 9.59 Å². The number of benzene rings is 1. The molecule has 1 aromatic rings. The third kappa shape index (κ3) is 3.38. The number of hydrogen-bond acceptors (Lipinski definition) is 4. The predicted molar refractivity (Wildman–Crippen MR) is 63.8 cm³/mol. The van der Waals surface area contributed by atoms with Crippen LogP contribution in [0.5, 0.6) is 0 Å². The fraction of sp³-hybridized carbons (Fsp3) is 0.333. The molecule has 0 saturated heterocycles. The van der Waals surface area contributed by atoms with Gasteiger partial charge in [0.2, 0.25) is 0 Å². The van der Waals surface area contributed by atoms with E-state index in [1.54, 1.807) is 19.1 Å². The van der Waals surface area contributed by atoms with Gasteiger partial charge in [-0.3, -0.25) is 9.59 Å². The lowest BCUT2D eigenvalue weighted by molar-refractivity contribution is -0.139. The van der Waals surface area contributed by atoms with Crippen molar-refractivity contribution in [3.63, 3.8) is 0 Å². The largest absolute Gasteiger partial charge is 0.468 e. The molecular formula is C12H14O3S. The minimum atomic E-state index is -0.271. The number of methoxy groups -OCH3 is 1. The summed E-state index contributed by atoms with van der Waals surface area (Å²) in [5.41, 5.74) is 0.655. The van der Waals surface area contributed by atoms with E-state index >= 15 is 0 Å². The number of ketones is 1. The third-order valence-electron chi connectivity index (χ3n) is 2.09. The summed E-state index contributed by atoms with van der Waals surface area (Å²) in [5.74, 6) is -0.244. The average Bonchev–Trinajstić information content (AvgIpc) is 2.28. The maximum atomic E-state index is 11.2. The molecule has 1 aromatic carbocycles. The Morgan fingerprint density at radius 2 is 2.06 bits per heavy atom. The molecule has 86 valence electrons. The van der Waals surface area contributed by atoms with Gasteiger partial charge in [0, 0.05) is 10.5 Å². The number of carbonyl (C=O) groups excluding carboxylic acids is 2. The van der Waals surface area contributed by atoms with Crippen molar-refractivity contribution < 1.29 is 14.3 Å². The number of rotatable bonds is 4. The number of Topliss-reactive ketones (excluding diaryl/α,β-unsaturated/α-hetero) is 1. The van der Waals surface area contributed by atoms with Crippen molar-refractivity contribution in [2.75, 3.05) is 7.11 Å². The first kappa shape index (κ1) is 12.8. The Morgan fingerprint density at radius 1 is 1.38 bits per heavy atom. The highest BCUT2D eigenvalue weighted by atomic mass is 32.2. The van der Waals surface area contributed by atoms with E-state index in [-0.39, 0.29) is 17.0 Å². The molecule has 4 heteroatoms. The topological polar surface area (TPSA) is 43.4 Å². The molecule has 3 nitrogen and oxygen atoms in total. The van der Waals surface area contributed by atoms with Crippen molar-refractivity contribution in [2.45, 2.75) is 24.0 Å². The van der Waals surface area contributed by atoms with Gasteiger partial charge >= 0.3 is 5.97 Å². The quantitative estimate of drug-likeness (QED) is 0.459. The standard InChI is InChI=1S/C12H14O3S/c1-8(13)10-5-4-6-11(7-10)16-9(2)12(14)15-3/h4-7,9H,1-3H3. The molecular weight excluding hydrogens is 224 g/mol. The first-order valence-electron chi connectivity index (χ1n) is 4.90. The summed E-state index contributed by atoms with van der Waals surface area (Å²) < 4.78 is 4.64. The van der Waals surface area contributed by atoms with E-state index in [2.05, 4.69) is 4.74 Å². The minimum Gasteiger partial charge on any atom is -0.468 e. The van der Waals surface area contributed by atoms with E-state index in [0.717, 1.165) is 4.90 Å². The van der Waals surface area contributed by atoms with E-state index in [1.807, 2.05) is 12.1 Å². The maximum Gasteiger partial charge on any atom is 0.318 e. The molecule has 0 fully saturated rings. The van der Waals surface area contributed by atoms with Crippen molar-refractivity contribution in [2.24, 2.45) is 0 Å². The molecule has 0 N–H and O–H groups in total. The molecule has 16 heavy (non-hydrogen) atoms. The molecule has 0 radical (unpaired) electrons. The van der Waals surface area contributed by atoms with Gasteiger partial charge in [0.05, 0.1) is 7.11 Å². The van der Waals surface area contributed by atoms with Crippen LogP contribution in [0.25, 0.3) is 0 Å². The van der Waals surface area contributed by atoms with Gasteiger partial charge in [-0.1, -0.05) is 12.1 Å². The molecule has 1 atom stereocenters. The average molecular weight is 238 g/mol. The molecule has 1 unspecified atom stereocenters. The highest BCUT2D eigenvalue weighted by molar-refractivity contribution is 8.00. The van der Waals surface area contributed by atoms with Crippen LogP contribution in [-0.4, -0.2) is 24.1 Å². The zero-order valence-electron chi connectivity index (χ0n) is 9.52. The molecule has 0 aromatic heterocycles. The summed E-state index contributed by atoms with van der Waals surface area (Å²) in [6, 6.07) is 7.22.